The molecule has 0 aliphatic carbocycles. The van der Waals surface area contributed by atoms with Crippen molar-refractivity contribution in [2.45, 2.75) is 53.2 Å². The molecule has 0 amide bonds. The fourth-order valence-corrected chi connectivity index (χ4v) is 3.38. The van der Waals surface area contributed by atoms with Gasteiger partial charge in [0.2, 0.25) is 0 Å². The van der Waals surface area contributed by atoms with E-state index in [-0.39, 0.29) is 0 Å². The molecule has 3 N–H and O–H groups in total. The zero-order chi connectivity index (χ0) is 18.4. The highest BCUT2D eigenvalue weighted by Gasteiger charge is 2.27. The number of aryl methyl sites for hydroxylation is 3. The van der Waals surface area contributed by atoms with Crippen LogP contribution in [0.4, 0.5) is 0 Å². The van der Waals surface area contributed by atoms with Crippen LogP contribution in [0.3, 0.4) is 0 Å². The largest absolute Gasteiger partial charge is 0.466 e. The maximum atomic E-state index is 10.8. The molecular formula is C18H28N4O2S. The molecule has 2 aromatic heterocycles. The number of aromatic nitrogens is 1. The van der Waals surface area contributed by atoms with E-state index < -0.39 is 5.60 Å². The van der Waals surface area contributed by atoms with Crippen LogP contribution in [0.25, 0.3) is 0 Å². The topological polar surface area (TPSA) is 82.7 Å². The molecule has 0 aliphatic heterocycles. The molecule has 2 heterocycles. The maximum absolute atomic E-state index is 10.8. The molecule has 0 radical (unpaired) electrons. The molecular weight excluding hydrogens is 336 g/mol. The predicted octanol–water partition coefficient (Wildman–Crippen LogP) is 2.88. The van der Waals surface area contributed by atoms with Crippen molar-refractivity contribution < 1.29 is 9.52 Å². The summed E-state index contributed by atoms with van der Waals surface area (Å²) in [7, 11) is 0. The third-order valence-corrected chi connectivity index (χ3v) is 5.01. The SMILES string of the molecule is CCNC(=NCc1ncc(CC)s1)NCC(C)(O)c1cc(C)oc1C. The smallest absolute Gasteiger partial charge is 0.191 e. The Morgan fingerprint density at radius 2 is 2.12 bits per heavy atom. The average molecular weight is 365 g/mol. The van der Waals surface area contributed by atoms with Crippen LogP contribution in [0.1, 0.15) is 47.7 Å². The Balaban J connectivity index is 2.02. The van der Waals surface area contributed by atoms with Crippen LogP contribution in [0.15, 0.2) is 21.7 Å². The molecule has 6 nitrogen and oxygen atoms in total. The fourth-order valence-electron chi connectivity index (χ4n) is 2.59. The number of aliphatic imine (C=N–C) groups is 1. The van der Waals surface area contributed by atoms with Gasteiger partial charge in [-0.25, -0.2) is 9.98 Å². The van der Waals surface area contributed by atoms with E-state index in [9.17, 15) is 5.11 Å². The first-order chi connectivity index (χ1) is 11.9. The zero-order valence-electron chi connectivity index (χ0n) is 15.6. The van der Waals surface area contributed by atoms with Crippen molar-refractivity contribution in [1.82, 2.24) is 15.6 Å². The zero-order valence-corrected chi connectivity index (χ0v) is 16.5. The Hall–Kier alpha value is -1.86. The summed E-state index contributed by atoms with van der Waals surface area (Å²) in [6.45, 7) is 11.2. The van der Waals surface area contributed by atoms with E-state index in [0.717, 1.165) is 35.1 Å². The molecule has 0 aromatic carbocycles. The molecule has 138 valence electrons. The quantitative estimate of drug-likeness (QED) is 0.520. The van der Waals surface area contributed by atoms with Crippen LogP contribution in [0.5, 0.6) is 0 Å². The summed E-state index contributed by atoms with van der Waals surface area (Å²) in [6.07, 6.45) is 2.90. The summed E-state index contributed by atoms with van der Waals surface area (Å²) in [5.74, 6) is 2.19. The van der Waals surface area contributed by atoms with Crippen molar-refractivity contribution in [2.75, 3.05) is 13.1 Å². The van der Waals surface area contributed by atoms with Crippen LogP contribution in [0.2, 0.25) is 0 Å². The molecule has 0 fully saturated rings. The van der Waals surface area contributed by atoms with E-state index in [0.29, 0.717) is 19.0 Å². The Kier molecular flexibility index (Phi) is 6.61. The number of nitrogens with one attached hydrogen (secondary N) is 2. The molecule has 0 aliphatic rings. The van der Waals surface area contributed by atoms with Crippen molar-refractivity contribution >= 4 is 17.3 Å². The summed E-state index contributed by atoms with van der Waals surface area (Å²) in [6, 6.07) is 1.88. The van der Waals surface area contributed by atoms with Gasteiger partial charge in [0.1, 0.15) is 22.1 Å². The van der Waals surface area contributed by atoms with Gasteiger partial charge in [-0.2, -0.15) is 0 Å². The number of thiazole rings is 1. The number of hydrogen-bond acceptors (Lipinski definition) is 5. The number of nitrogens with zero attached hydrogens (tertiary/aromatic N) is 2. The van der Waals surface area contributed by atoms with Crippen LogP contribution >= 0.6 is 11.3 Å². The highest BCUT2D eigenvalue weighted by molar-refractivity contribution is 7.11. The minimum atomic E-state index is -1.05. The Morgan fingerprint density at radius 3 is 2.68 bits per heavy atom. The molecule has 0 saturated heterocycles. The van der Waals surface area contributed by atoms with Crippen LogP contribution < -0.4 is 10.6 Å². The van der Waals surface area contributed by atoms with Gasteiger partial charge in [-0.15, -0.1) is 11.3 Å². The monoisotopic (exact) mass is 364 g/mol. The number of furan rings is 1. The van der Waals surface area contributed by atoms with E-state index in [1.54, 1.807) is 18.3 Å². The highest BCUT2D eigenvalue weighted by Crippen LogP contribution is 2.26. The summed E-state index contributed by atoms with van der Waals surface area (Å²) < 4.78 is 5.53. The summed E-state index contributed by atoms with van der Waals surface area (Å²) >= 11 is 1.68. The first-order valence-electron chi connectivity index (χ1n) is 8.61. The van der Waals surface area contributed by atoms with Crippen molar-refractivity contribution in [3.63, 3.8) is 0 Å². The normalized spacial score (nSPS) is 14.4. The van der Waals surface area contributed by atoms with Gasteiger partial charge in [-0.05, 0) is 40.2 Å². The fraction of sp³-hybridized carbons (Fsp3) is 0.556. The molecule has 1 atom stereocenters. The third kappa shape index (κ3) is 5.31. The number of hydrogen-bond donors (Lipinski definition) is 3. The summed E-state index contributed by atoms with van der Waals surface area (Å²) in [4.78, 5) is 10.2. The third-order valence-electron chi connectivity index (χ3n) is 3.89. The average Bonchev–Trinajstić information content (AvgIpc) is 3.16. The van der Waals surface area contributed by atoms with Gasteiger partial charge in [-0.1, -0.05) is 6.92 Å². The molecule has 0 saturated carbocycles. The number of aliphatic hydroxyl groups is 1. The molecule has 2 aromatic rings. The van der Waals surface area contributed by atoms with Crippen molar-refractivity contribution in [3.05, 3.63) is 39.2 Å². The van der Waals surface area contributed by atoms with Gasteiger partial charge in [0.25, 0.3) is 0 Å². The standard InChI is InChI=1S/C18H28N4O2S/c1-6-14-9-20-16(25-14)10-21-17(19-7-2)22-11-18(5,23)15-8-12(3)24-13(15)4/h8-9,23H,6-7,10-11H2,1-5H3,(H2,19,21,22). The van der Waals surface area contributed by atoms with Crippen LogP contribution in [-0.2, 0) is 18.6 Å². The van der Waals surface area contributed by atoms with Gasteiger partial charge < -0.3 is 20.2 Å². The van der Waals surface area contributed by atoms with Gasteiger partial charge in [0.15, 0.2) is 5.96 Å². The van der Waals surface area contributed by atoms with Gasteiger partial charge in [0.05, 0.1) is 13.1 Å². The molecule has 2 rings (SSSR count). The molecule has 1 unspecified atom stereocenters. The Labute approximate surface area is 153 Å². The minimum absolute atomic E-state index is 0.330. The van der Waals surface area contributed by atoms with Crippen LogP contribution in [0, 0.1) is 13.8 Å². The van der Waals surface area contributed by atoms with E-state index in [1.807, 2.05) is 33.0 Å². The predicted molar refractivity (Wildman–Crippen MR) is 102 cm³/mol. The minimum Gasteiger partial charge on any atom is -0.466 e. The summed E-state index contributed by atoms with van der Waals surface area (Å²) in [5, 5.41) is 18.2. The van der Waals surface area contributed by atoms with Crippen molar-refractivity contribution in [3.8, 4) is 0 Å². The van der Waals surface area contributed by atoms with Gasteiger partial charge in [-0.3, -0.25) is 0 Å². The van der Waals surface area contributed by atoms with E-state index in [2.05, 4.69) is 27.5 Å². The lowest BCUT2D eigenvalue weighted by molar-refractivity contribution is 0.0601. The molecule has 25 heavy (non-hydrogen) atoms. The summed E-state index contributed by atoms with van der Waals surface area (Å²) in [5.41, 5.74) is -0.255. The Morgan fingerprint density at radius 1 is 1.36 bits per heavy atom. The van der Waals surface area contributed by atoms with Gasteiger partial charge in [0, 0.05) is 23.2 Å². The van der Waals surface area contributed by atoms with E-state index >= 15 is 0 Å². The van der Waals surface area contributed by atoms with Crippen molar-refractivity contribution in [1.29, 1.82) is 0 Å². The van der Waals surface area contributed by atoms with E-state index in [4.69, 9.17) is 4.42 Å². The molecule has 0 spiro atoms. The molecule has 0 bridgehead atoms. The second kappa shape index (κ2) is 8.49. The van der Waals surface area contributed by atoms with Crippen molar-refractivity contribution in [2.24, 2.45) is 4.99 Å². The second-order valence-corrected chi connectivity index (χ2v) is 7.42. The highest BCUT2D eigenvalue weighted by atomic mass is 32.1. The number of rotatable bonds is 7. The maximum Gasteiger partial charge on any atom is 0.191 e. The van der Waals surface area contributed by atoms with Crippen LogP contribution in [-0.4, -0.2) is 29.1 Å². The number of guanidine groups is 1. The lowest BCUT2D eigenvalue weighted by Crippen LogP contribution is -2.44. The lowest BCUT2D eigenvalue weighted by Gasteiger charge is -2.24. The molecule has 7 heteroatoms. The first-order valence-corrected chi connectivity index (χ1v) is 9.43. The second-order valence-electron chi connectivity index (χ2n) is 6.22. The first kappa shape index (κ1) is 19.5. The van der Waals surface area contributed by atoms with Gasteiger partial charge >= 0.3 is 0 Å². The Bertz CT molecular complexity index is 718. The van der Waals surface area contributed by atoms with E-state index in [1.165, 1.54) is 4.88 Å². The lowest BCUT2D eigenvalue weighted by atomic mass is 9.96.